The van der Waals surface area contributed by atoms with Gasteiger partial charge in [0.05, 0.1) is 11.0 Å². The summed E-state index contributed by atoms with van der Waals surface area (Å²) in [4.78, 5) is 24.4. The zero-order chi connectivity index (χ0) is 18.4. The number of hydrogen-bond acceptors (Lipinski definition) is 3. The van der Waals surface area contributed by atoms with E-state index < -0.39 is 0 Å². The number of aryl methyl sites for hydroxylation is 2. The first-order valence-corrected chi connectivity index (χ1v) is 9.85. The van der Waals surface area contributed by atoms with Crippen LogP contribution in [0.4, 0.5) is 0 Å². The second-order valence-corrected chi connectivity index (χ2v) is 7.23. The van der Waals surface area contributed by atoms with Crippen LogP contribution in [0, 0.1) is 0 Å². The van der Waals surface area contributed by atoms with Gasteiger partial charge in [0.2, 0.25) is 5.91 Å². The lowest BCUT2D eigenvalue weighted by atomic mass is 10.2. The van der Waals surface area contributed by atoms with E-state index in [1.807, 2.05) is 42.5 Å². The Balaban J connectivity index is 1.43. The summed E-state index contributed by atoms with van der Waals surface area (Å²) in [6, 6.07) is 17.9. The smallest absolute Gasteiger partial charge is 0.328 e. The summed E-state index contributed by atoms with van der Waals surface area (Å²) < 4.78 is 3.28. The number of amides is 1. The number of hydrogen-bond donors (Lipinski definition) is 1. The fourth-order valence-corrected chi connectivity index (χ4v) is 3.73. The van der Waals surface area contributed by atoms with E-state index >= 15 is 0 Å². The number of carbonyl (C=O) groups excluding carboxylic acids is 1. The molecule has 1 heterocycles. The second-order valence-electron chi connectivity index (χ2n) is 6.12. The summed E-state index contributed by atoms with van der Waals surface area (Å²) in [7, 11) is 1.76. The van der Waals surface area contributed by atoms with Crippen molar-refractivity contribution >= 4 is 28.7 Å². The van der Waals surface area contributed by atoms with E-state index in [-0.39, 0.29) is 11.6 Å². The van der Waals surface area contributed by atoms with Crippen molar-refractivity contribution in [1.82, 2.24) is 14.5 Å². The van der Waals surface area contributed by atoms with Crippen LogP contribution in [0.1, 0.15) is 12.0 Å². The number of imidazole rings is 1. The molecule has 0 spiro atoms. The SMILES string of the molecule is Cn1c(=O)n(CCC(=O)NCCSCc2ccccc2)c2ccccc21. The molecule has 6 heteroatoms. The molecule has 0 saturated heterocycles. The predicted molar refractivity (Wildman–Crippen MR) is 107 cm³/mol. The Morgan fingerprint density at radius 2 is 1.73 bits per heavy atom. The zero-order valence-corrected chi connectivity index (χ0v) is 15.7. The summed E-state index contributed by atoms with van der Waals surface area (Å²) in [6.07, 6.45) is 0.303. The van der Waals surface area contributed by atoms with Gasteiger partial charge >= 0.3 is 5.69 Å². The molecule has 136 valence electrons. The molecule has 0 aliphatic heterocycles. The quantitative estimate of drug-likeness (QED) is 0.621. The van der Waals surface area contributed by atoms with Crippen LogP contribution in [0.15, 0.2) is 59.4 Å². The number of carbonyl (C=O) groups is 1. The number of nitrogens with zero attached hydrogens (tertiary/aromatic N) is 2. The van der Waals surface area contributed by atoms with Gasteiger partial charge in [-0.1, -0.05) is 42.5 Å². The molecule has 1 aromatic heterocycles. The van der Waals surface area contributed by atoms with E-state index in [0.29, 0.717) is 19.5 Å². The van der Waals surface area contributed by atoms with Crippen LogP contribution in [0.5, 0.6) is 0 Å². The topological polar surface area (TPSA) is 56.0 Å². The molecule has 2 aromatic carbocycles. The first kappa shape index (κ1) is 18.3. The van der Waals surface area contributed by atoms with Gasteiger partial charge in [0.15, 0.2) is 0 Å². The highest BCUT2D eigenvalue weighted by atomic mass is 32.2. The highest BCUT2D eigenvalue weighted by Gasteiger charge is 2.11. The van der Waals surface area contributed by atoms with Crippen molar-refractivity contribution in [3.8, 4) is 0 Å². The lowest BCUT2D eigenvalue weighted by Crippen LogP contribution is -2.29. The average Bonchev–Trinajstić information content (AvgIpc) is 2.91. The van der Waals surface area contributed by atoms with Crippen molar-refractivity contribution in [3.05, 3.63) is 70.6 Å². The maximum Gasteiger partial charge on any atom is 0.328 e. The summed E-state index contributed by atoms with van der Waals surface area (Å²) in [5.41, 5.74) is 2.96. The molecule has 0 bridgehead atoms. The summed E-state index contributed by atoms with van der Waals surface area (Å²) in [5.74, 6) is 1.79. The van der Waals surface area contributed by atoms with Crippen molar-refractivity contribution in [2.45, 2.75) is 18.7 Å². The lowest BCUT2D eigenvalue weighted by molar-refractivity contribution is -0.121. The molecule has 26 heavy (non-hydrogen) atoms. The molecule has 0 fully saturated rings. The Morgan fingerprint density at radius 3 is 2.50 bits per heavy atom. The van der Waals surface area contributed by atoms with Crippen molar-refractivity contribution in [2.75, 3.05) is 12.3 Å². The maximum absolute atomic E-state index is 12.3. The van der Waals surface area contributed by atoms with Gasteiger partial charge in [-0.05, 0) is 17.7 Å². The standard InChI is InChI=1S/C20H23N3O2S/c1-22-17-9-5-6-10-18(17)23(20(22)25)13-11-19(24)21-12-14-26-15-16-7-3-2-4-8-16/h2-10H,11-15H2,1H3,(H,21,24). The first-order valence-electron chi connectivity index (χ1n) is 8.69. The highest BCUT2D eigenvalue weighted by Crippen LogP contribution is 2.12. The molecule has 0 aliphatic carbocycles. The minimum absolute atomic E-state index is 0.0230. The van der Waals surface area contributed by atoms with Crippen LogP contribution in [-0.2, 0) is 24.1 Å². The summed E-state index contributed by atoms with van der Waals surface area (Å²) in [6.45, 7) is 1.03. The molecule has 0 saturated carbocycles. The first-order chi connectivity index (χ1) is 12.7. The number of nitrogens with one attached hydrogen (secondary N) is 1. The number of para-hydroxylation sites is 2. The van der Waals surface area contributed by atoms with Gasteiger partial charge in [-0.2, -0.15) is 11.8 Å². The van der Waals surface area contributed by atoms with Gasteiger partial charge < -0.3 is 5.32 Å². The number of rotatable bonds is 8. The third-order valence-corrected chi connectivity index (χ3v) is 5.32. The van der Waals surface area contributed by atoms with Gasteiger partial charge in [-0.15, -0.1) is 0 Å². The van der Waals surface area contributed by atoms with E-state index in [1.165, 1.54) is 5.56 Å². The molecule has 0 unspecified atom stereocenters. The molecule has 0 aliphatic rings. The average molecular weight is 369 g/mol. The Morgan fingerprint density at radius 1 is 1.04 bits per heavy atom. The van der Waals surface area contributed by atoms with Gasteiger partial charge in [-0.3, -0.25) is 13.9 Å². The Labute approximate surface area is 157 Å². The maximum atomic E-state index is 12.3. The van der Waals surface area contributed by atoms with Crippen LogP contribution in [0.3, 0.4) is 0 Å². The lowest BCUT2D eigenvalue weighted by Gasteiger charge is -2.06. The van der Waals surface area contributed by atoms with Gasteiger partial charge in [0.25, 0.3) is 0 Å². The number of aromatic nitrogens is 2. The van der Waals surface area contributed by atoms with E-state index in [9.17, 15) is 9.59 Å². The van der Waals surface area contributed by atoms with E-state index in [4.69, 9.17) is 0 Å². The molecule has 1 N–H and O–H groups in total. The summed E-state index contributed by atoms with van der Waals surface area (Å²) >= 11 is 1.80. The highest BCUT2D eigenvalue weighted by molar-refractivity contribution is 7.98. The predicted octanol–water partition coefficient (Wildman–Crippen LogP) is 2.78. The fraction of sp³-hybridized carbons (Fsp3) is 0.300. The zero-order valence-electron chi connectivity index (χ0n) is 14.9. The van der Waals surface area contributed by atoms with Crippen molar-refractivity contribution in [3.63, 3.8) is 0 Å². The normalized spacial score (nSPS) is 11.0. The molecule has 0 atom stereocenters. The fourth-order valence-electron chi connectivity index (χ4n) is 2.91. The molecule has 3 aromatic rings. The van der Waals surface area contributed by atoms with Crippen molar-refractivity contribution in [2.24, 2.45) is 7.05 Å². The molecule has 1 amide bonds. The van der Waals surface area contributed by atoms with E-state index in [0.717, 1.165) is 22.5 Å². The molecule has 5 nitrogen and oxygen atoms in total. The van der Waals surface area contributed by atoms with Crippen LogP contribution in [0.25, 0.3) is 11.0 Å². The molecule has 0 radical (unpaired) electrons. The Hall–Kier alpha value is -2.47. The second kappa shape index (κ2) is 8.76. The van der Waals surface area contributed by atoms with Gasteiger partial charge in [-0.25, -0.2) is 4.79 Å². The third-order valence-electron chi connectivity index (χ3n) is 4.29. The number of benzene rings is 2. The van der Waals surface area contributed by atoms with Crippen LogP contribution >= 0.6 is 11.8 Å². The monoisotopic (exact) mass is 369 g/mol. The van der Waals surface area contributed by atoms with Crippen LogP contribution < -0.4 is 11.0 Å². The van der Waals surface area contributed by atoms with E-state index in [2.05, 4.69) is 17.4 Å². The van der Waals surface area contributed by atoms with E-state index in [1.54, 1.807) is 27.9 Å². The summed E-state index contributed by atoms with van der Waals surface area (Å²) in [5, 5.41) is 2.93. The van der Waals surface area contributed by atoms with Gasteiger partial charge in [0, 0.05) is 38.1 Å². The minimum Gasteiger partial charge on any atom is -0.355 e. The molecular weight excluding hydrogens is 346 g/mol. The Bertz CT molecular complexity index is 931. The molecular formula is C20H23N3O2S. The van der Waals surface area contributed by atoms with Crippen molar-refractivity contribution < 1.29 is 4.79 Å². The molecule has 3 rings (SSSR count). The van der Waals surface area contributed by atoms with Crippen LogP contribution in [0.2, 0.25) is 0 Å². The van der Waals surface area contributed by atoms with Crippen molar-refractivity contribution in [1.29, 1.82) is 0 Å². The third kappa shape index (κ3) is 4.38. The minimum atomic E-state index is -0.0857. The number of fused-ring (bicyclic) bond motifs is 1. The largest absolute Gasteiger partial charge is 0.355 e. The Kier molecular flexibility index (Phi) is 6.17. The number of thioether (sulfide) groups is 1. The van der Waals surface area contributed by atoms with Gasteiger partial charge in [0.1, 0.15) is 0 Å². The van der Waals surface area contributed by atoms with Crippen LogP contribution in [-0.4, -0.2) is 27.3 Å².